The van der Waals surface area contributed by atoms with E-state index in [1.165, 1.54) is 5.56 Å². The maximum absolute atomic E-state index is 13.4. The molecule has 0 spiro atoms. The molecule has 0 unspecified atom stereocenters. The predicted octanol–water partition coefficient (Wildman–Crippen LogP) is 5.79. The van der Waals surface area contributed by atoms with Gasteiger partial charge in [-0.05, 0) is 53.4 Å². The maximum atomic E-state index is 13.4. The van der Waals surface area contributed by atoms with Crippen molar-refractivity contribution >= 4 is 29.1 Å². The third-order valence-corrected chi connectivity index (χ3v) is 6.55. The van der Waals surface area contributed by atoms with Gasteiger partial charge in [-0.3, -0.25) is 4.79 Å². The molecule has 0 aliphatic carbocycles. The molecule has 3 aromatic rings. The zero-order chi connectivity index (χ0) is 23.4. The third kappa shape index (κ3) is 5.27. The molecule has 33 heavy (non-hydrogen) atoms. The zero-order valence-electron chi connectivity index (χ0n) is 18.5. The number of amides is 1. The predicted molar refractivity (Wildman–Crippen MR) is 129 cm³/mol. The van der Waals surface area contributed by atoms with Crippen LogP contribution >= 0.6 is 23.2 Å². The minimum Gasteiger partial charge on any atom is -0.493 e. The van der Waals surface area contributed by atoms with Gasteiger partial charge in [-0.15, -0.1) is 0 Å². The normalized spacial score (nSPS) is 15.2. The molecule has 7 heteroatoms. The van der Waals surface area contributed by atoms with Crippen molar-refractivity contribution in [1.82, 2.24) is 4.90 Å². The minimum atomic E-state index is -0.109. The molecule has 0 saturated carbocycles. The number of hydrogen-bond acceptors (Lipinski definition) is 4. The van der Waals surface area contributed by atoms with E-state index in [2.05, 4.69) is 12.1 Å². The second-order valence-corrected chi connectivity index (χ2v) is 8.71. The zero-order valence-corrected chi connectivity index (χ0v) is 20.0. The fourth-order valence-corrected chi connectivity index (χ4v) is 4.35. The number of methoxy groups -OCH3 is 2. The van der Waals surface area contributed by atoms with Crippen molar-refractivity contribution < 1.29 is 19.0 Å². The number of carbonyl (C=O) groups excluding carboxylic acids is 1. The number of fused-ring (bicyclic) bond motifs is 1. The van der Waals surface area contributed by atoms with Crippen LogP contribution in [0.3, 0.4) is 0 Å². The molecule has 5 nitrogen and oxygen atoms in total. The number of carbonyl (C=O) groups is 1. The lowest BCUT2D eigenvalue weighted by molar-refractivity contribution is 0.0325. The lowest BCUT2D eigenvalue weighted by Crippen LogP contribution is -2.46. The van der Waals surface area contributed by atoms with Crippen LogP contribution in [0.4, 0.5) is 0 Å². The molecule has 0 bridgehead atoms. The Kier molecular flexibility index (Phi) is 7.43. The molecule has 1 aliphatic heterocycles. The number of hydrogen-bond donors (Lipinski definition) is 0. The summed E-state index contributed by atoms with van der Waals surface area (Å²) in [4.78, 5) is 15.3. The molecule has 1 atom stereocenters. The summed E-state index contributed by atoms with van der Waals surface area (Å²) in [5, 5.41) is 0.785. The summed E-state index contributed by atoms with van der Waals surface area (Å²) >= 11 is 12.2. The summed E-state index contributed by atoms with van der Waals surface area (Å²) in [6, 6.07) is 18.7. The fourth-order valence-electron chi connectivity index (χ4n) is 4.05. The molecule has 0 N–H and O–H groups in total. The topological polar surface area (TPSA) is 48.0 Å². The van der Waals surface area contributed by atoms with Crippen LogP contribution in [0, 0.1) is 0 Å². The van der Waals surface area contributed by atoms with Gasteiger partial charge in [0.15, 0.2) is 11.5 Å². The van der Waals surface area contributed by atoms with E-state index in [0.717, 1.165) is 17.5 Å². The summed E-state index contributed by atoms with van der Waals surface area (Å²) in [6.07, 6.45) is 0.717. The maximum Gasteiger partial charge on any atom is 0.254 e. The van der Waals surface area contributed by atoms with E-state index in [1.807, 2.05) is 35.2 Å². The van der Waals surface area contributed by atoms with E-state index in [1.54, 1.807) is 32.4 Å². The highest BCUT2D eigenvalue weighted by Crippen LogP contribution is 2.30. The average molecular weight is 486 g/mol. The first kappa shape index (κ1) is 23.4. The van der Waals surface area contributed by atoms with Gasteiger partial charge in [0, 0.05) is 12.1 Å². The molecule has 172 valence electrons. The fraction of sp³-hybridized carbons (Fsp3) is 0.269. The second kappa shape index (κ2) is 10.5. The lowest BCUT2D eigenvalue weighted by Gasteiger charge is -2.37. The van der Waals surface area contributed by atoms with Gasteiger partial charge in [0.1, 0.15) is 0 Å². The van der Waals surface area contributed by atoms with Crippen molar-refractivity contribution in [2.75, 3.05) is 20.8 Å². The van der Waals surface area contributed by atoms with E-state index < -0.39 is 0 Å². The van der Waals surface area contributed by atoms with Crippen LogP contribution in [-0.4, -0.2) is 37.7 Å². The van der Waals surface area contributed by atoms with Gasteiger partial charge in [0.05, 0.1) is 43.5 Å². The van der Waals surface area contributed by atoms with Crippen molar-refractivity contribution in [2.45, 2.75) is 25.6 Å². The Hall–Kier alpha value is -2.73. The lowest BCUT2D eigenvalue weighted by atomic mass is 9.93. The summed E-state index contributed by atoms with van der Waals surface area (Å²) < 4.78 is 16.7. The Labute approximate surface area is 203 Å². The van der Waals surface area contributed by atoms with Crippen molar-refractivity contribution in [3.05, 3.63) is 93.0 Å². The number of ether oxygens (including phenoxy) is 3. The second-order valence-electron chi connectivity index (χ2n) is 7.89. The molecule has 0 radical (unpaired) electrons. The largest absolute Gasteiger partial charge is 0.493 e. The van der Waals surface area contributed by atoms with Gasteiger partial charge in [-0.1, -0.05) is 53.5 Å². The number of nitrogens with zero attached hydrogens (tertiary/aromatic N) is 1. The molecule has 0 saturated heterocycles. The molecule has 1 heterocycles. The van der Waals surface area contributed by atoms with E-state index in [0.29, 0.717) is 46.9 Å². The summed E-state index contributed by atoms with van der Waals surface area (Å²) in [6.45, 7) is 1.31. The first-order chi connectivity index (χ1) is 16.0. The molecule has 1 aliphatic rings. The van der Waals surface area contributed by atoms with Gasteiger partial charge >= 0.3 is 0 Å². The van der Waals surface area contributed by atoms with E-state index >= 15 is 0 Å². The molecular weight excluding hydrogens is 461 g/mol. The van der Waals surface area contributed by atoms with Crippen LogP contribution in [0.5, 0.6) is 11.5 Å². The standard InChI is InChI=1S/C26H25Cl2NO4/c1-31-24-10-7-17(11-25(24)32-2)15-33-16-21-12-18-5-3-4-6-20(18)14-29(21)26(30)19-8-9-22(27)23(28)13-19/h3-11,13,21H,12,14-16H2,1-2H3/t21-/m0/s1. The summed E-state index contributed by atoms with van der Waals surface area (Å²) in [5.41, 5.74) is 3.84. The van der Waals surface area contributed by atoms with Crippen LogP contribution < -0.4 is 9.47 Å². The number of rotatable bonds is 7. The van der Waals surface area contributed by atoms with Gasteiger partial charge in [-0.2, -0.15) is 0 Å². The minimum absolute atomic E-state index is 0.0946. The summed E-state index contributed by atoms with van der Waals surface area (Å²) in [5.74, 6) is 1.23. The first-order valence-corrected chi connectivity index (χ1v) is 11.4. The number of benzene rings is 3. The average Bonchev–Trinajstić information content (AvgIpc) is 2.84. The van der Waals surface area contributed by atoms with Gasteiger partial charge in [0.25, 0.3) is 5.91 Å². The van der Waals surface area contributed by atoms with Crippen LogP contribution in [0.25, 0.3) is 0 Å². The molecule has 1 amide bonds. The molecule has 0 fully saturated rings. The molecule has 4 rings (SSSR count). The quantitative estimate of drug-likeness (QED) is 0.424. The number of halogens is 2. The van der Waals surface area contributed by atoms with Crippen LogP contribution in [0.1, 0.15) is 27.0 Å². The van der Waals surface area contributed by atoms with E-state index in [4.69, 9.17) is 37.4 Å². The highest BCUT2D eigenvalue weighted by atomic mass is 35.5. The third-order valence-electron chi connectivity index (χ3n) is 5.81. The van der Waals surface area contributed by atoms with E-state index in [9.17, 15) is 4.79 Å². The van der Waals surface area contributed by atoms with Crippen molar-refractivity contribution in [1.29, 1.82) is 0 Å². The van der Waals surface area contributed by atoms with Crippen molar-refractivity contribution in [2.24, 2.45) is 0 Å². The Morgan fingerprint density at radius 1 is 0.939 bits per heavy atom. The van der Waals surface area contributed by atoms with Gasteiger partial charge in [-0.25, -0.2) is 0 Å². The van der Waals surface area contributed by atoms with Gasteiger partial charge in [0.2, 0.25) is 0 Å². The smallest absolute Gasteiger partial charge is 0.254 e. The monoisotopic (exact) mass is 485 g/mol. The van der Waals surface area contributed by atoms with Crippen LogP contribution in [0.2, 0.25) is 10.0 Å². The Morgan fingerprint density at radius 3 is 2.42 bits per heavy atom. The highest BCUT2D eigenvalue weighted by molar-refractivity contribution is 6.42. The Bertz CT molecular complexity index is 1150. The summed E-state index contributed by atoms with van der Waals surface area (Å²) in [7, 11) is 3.21. The van der Waals surface area contributed by atoms with Crippen molar-refractivity contribution in [3.8, 4) is 11.5 Å². The molecule has 3 aromatic carbocycles. The highest BCUT2D eigenvalue weighted by Gasteiger charge is 2.30. The Morgan fingerprint density at radius 2 is 1.70 bits per heavy atom. The molecule has 0 aromatic heterocycles. The van der Waals surface area contributed by atoms with Crippen LogP contribution in [-0.2, 0) is 24.3 Å². The Balaban J connectivity index is 1.51. The van der Waals surface area contributed by atoms with Crippen molar-refractivity contribution in [3.63, 3.8) is 0 Å². The van der Waals surface area contributed by atoms with Gasteiger partial charge < -0.3 is 19.1 Å². The molecular formula is C26H25Cl2NO4. The van der Waals surface area contributed by atoms with E-state index in [-0.39, 0.29) is 11.9 Å². The van der Waals surface area contributed by atoms with Crippen LogP contribution in [0.15, 0.2) is 60.7 Å². The first-order valence-electron chi connectivity index (χ1n) is 10.6. The SMILES string of the molecule is COc1ccc(COC[C@@H]2Cc3ccccc3CN2C(=O)c2ccc(Cl)c(Cl)c2)cc1OC.